The lowest BCUT2D eigenvalue weighted by Gasteiger charge is -2.11. The minimum Gasteiger partial charge on any atom is -0.384 e. The molecule has 94 valence electrons. The van der Waals surface area contributed by atoms with Crippen LogP contribution in [0.5, 0.6) is 0 Å². The molecule has 2 rings (SSSR count). The molecule has 5 heteroatoms. The van der Waals surface area contributed by atoms with Crippen LogP contribution in [0.1, 0.15) is 19.4 Å². The first kappa shape index (κ1) is 12.2. The van der Waals surface area contributed by atoms with Crippen LogP contribution in [0.3, 0.4) is 0 Å². The van der Waals surface area contributed by atoms with Crippen LogP contribution in [-0.2, 0) is 16.4 Å². The summed E-state index contributed by atoms with van der Waals surface area (Å²) in [6.45, 7) is 4.72. The highest BCUT2D eigenvalue weighted by atomic mass is 32.2. The van der Waals surface area contributed by atoms with E-state index in [4.69, 9.17) is 0 Å². The van der Waals surface area contributed by atoms with Crippen molar-refractivity contribution < 1.29 is 8.42 Å². The fourth-order valence-corrected chi connectivity index (χ4v) is 3.48. The molecule has 1 heterocycles. The second kappa shape index (κ2) is 4.56. The van der Waals surface area contributed by atoms with Gasteiger partial charge in [-0.3, -0.25) is 4.72 Å². The number of nitrogens with one attached hydrogen (secondary N) is 2. The average Bonchev–Trinajstić information content (AvgIpc) is 2.61. The lowest BCUT2D eigenvalue weighted by atomic mass is 10.1. The van der Waals surface area contributed by atoms with Gasteiger partial charge in [-0.2, -0.15) is 0 Å². The molecule has 1 aliphatic rings. The Hall–Kier alpha value is -1.23. The van der Waals surface area contributed by atoms with E-state index >= 15 is 0 Å². The van der Waals surface area contributed by atoms with Crippen molar-refractivity contribution in [3.8, 4) is 0 Å². The highest BCUT2D eigenvalue weighted by Crippen LogP contribution is 2.25. The van der Waals surface area contributed by atoms with Gasteiger partial charge >= 0.3 is 0 Å². The van der Waals surface area contributed by atoms with Crippen molar-refractivity contribution in [1.29, 1.82) is 0 Å². The van der Waals surface area contributed by atoms with Crippen molar-refractivity contribution in [3.05, 3.63) is 23.8 Å². The zero-order chi connectivity index (χ0) is 12.5. The Labute approximate surface area is 102 Å². The first-order valence-electron chi connectivity index (χ1n) is 5.83. The first-order chi connectivity index (χ1) is 7.96. The van der Waals surface area contributed by atoms with Crippen molar-refractivity contribution >= 4 is 21.4 Å². The molecule has 4 nitrogen and oxygen atoms in total. The topological polar surface area (TPSA) is 58.2 Å². The number of fused-ring (bicyclic) bond motifs is 1. The van der Waals surface area contributed by atoms with Gasteiger partial charge in [0.1, 0.15) is 0 Å². The minimum atomic E-state index is -3.22. The Morgan fingerprint density at radius 2 is 2.18 bits per heavy atom. The van der Waals surface area contributed by atoms with E-state index in [2.05, 4.69) is 10.0 Å². The van der Waals surface area contributed by atoms with Crippen molar-refractivity contribution in [2.45, 2.75) is 20.3 Å². The summed E-state index contributed by atoms with van der Waals surface area (Å²) in [6.07, 6.45) is 0.953. The Balaban J connectivity index is 2.14. The van der Waals surface area contributed by atoms with Crippen LogP contribution in [0.25, 0.3) is 0 Å². The Bertz CT molecular complexity index is 509. The minimum absolute atomic E-state index is 0.128. The van der Waals surface area contributed by atoms with E-state index in [1.54, 1.807) is 6.07 Å². The summed E-state index contributed by atoms with van der Waals surface area (Å²) in [6, 6.07) is 5.64. The van der Waals surface area contributed by atoms with Gasteiger partial charge in [0.15, 0.2) is 0 Å². The zero-order valence-electron chi connectivity index (χ0n) is 10.2. The lowest BCUT2D eigenvalue weighted by molar-refractivity contribution is 0.587. The maximum Gasteiger partial charge on any atom is 0.232 e. The maximum atomic E-state index is 11.8. The molecule has 0 aromatic heterocycles. The van der Waals surface area contributed by atoms with Gasteiger partial charge < -0.3 is 5.32 Å². The summed E-state index contributed by atoms with van der Waals surface area (Å²) in [7, 11) is -3.22. The van der Waals surface area contributed by atoms with Gasteiger partial charge in [0.2, 0.25) is 10.0 Å². The number of benzene rings is 1. The summed E-state index contributed by atoms with van der Waals surface area (Å²) in [5.41, 5.74) is 2.94. The molecular formula is C12H18N2O2S. The fraction of sp³-hybridized carbons (Fsp3) is 0.500. The van der Waals surface area contributed by atoms with E-state index < -0.39 is 10.0 Å². The van der Waals surface area contributed by atoms with E-state index in [0.717, 1.165) is 18.7 Å². The second-order valence-electron chi connectivity index (χ2n) is 4.83. The average molecular weight is 254 g/mol. The first-order valence-corrected chi connectivity index (χ1v) is 7.49. The van der Waals surface area contributed by atoms with E-state index in [9.17, 15) is 8.42 Å². The van der Waals surface area contributed by atoms with Crippen molar-refractivity contribution in [2.24, 2.45) is 5.92 Å². The van der Waals surface area contributed by atoms with Gasteiger partial charge in [-0.15, -0.1) is 0 Å². The third kappa shape index (κ3) is 3.12. The lowest BCUT2D eigenvalue weighted by Crippen LogP contribution is -2.20. The molecule has 1 aromatic rings. The van der Waals surface area contributed by atoms with Crippen LogP contribution in [0.4, 0.5) is 11.4 Å². The number of rotatable bonds is 4. The van der Waals surface area contributed by atoms with Crippen LogP contribution >= 0.6 is 0 Å². The largest absolute Gasteiger partial charge is 0.384 e. The third-order valence-corrected chi connectivity index (χ3v) is 4.29. The van der Waals surface area contributed by atoms with Gasteiger partial charge in [0, 0.05) is 17.9 Å². The molecule has 0 saturated carbocycles. The van der Waals surface area contributed by atoms with Crippen LogP contribution in [0.2, 0.25) is 0 Å². The SMILES string of the molecule is CC(C)CS(=O)(=O)Nc1ccc2c(c1)CCN2. The number of hydrogen-bond acceptors (Lipinski definition) is 3. The smallest absolute Gasteiger partial charge is 0.232 e. The summed E-state index contributed by atoms with van der Waals surface area (Å²) in [4.78, 5) is 0. The van der Waals surface area contributed by atoms with Gasteiger partial charge in [0.05, 0.1) is 5.75 Å². The molecule has 0 aliphatic carbocycles. The van der Waals surface area contributed by atoms with Gasteiger partial charge in [-0.1, -0.05) is 13.8 Å². The van der Waals surface area contributed by atoms with Crippen LogP contribution < -0.4 is 10.0 Å². The Morgan fingerprint density at radius 3 is 2.88 bits per heavy atom. The molecule has 0 saturated heterocycles. The molecule has 2 N–H and O–H groups in total. The number of hydrogen-bond donors (Lipinski definition) is 2. The number of sulfonamides is 1. The quantitative estimate of drug-likeness (QED) is 0.864. The summed E-state index contributed by atoms with van der Waals surface area (Å²) in [5.74, 6) is 0.283. The molecule has 1 aliphatic heterocycles. The van der Waals surface area contributed by atoms with Crippen molar-refractivity contribution in [3.63, 3.8) is 0 Å². The van der Waals surface area contributed by atoms with Gasteiger partial charge in [0.25, 0.3) is 0 Å². The van der Waals surface area contributed by atoms with Crippen LogP contribution in [0, 0.1) is 5.92 Å². The monoisotopic (exact) mass is 254 g/mol. The standard InChI is InChI=1S/C12H18N2O2S/c1-9(2)8-17(15,16)14-11-3-4-12-10(7-11)5-6-13-12/h3-4,7,9,13-14H,5-6,8H2,1-2H3. The molecule has 17 heavy (non-hydrogen) atoms. The van der Waals surface area contributed by atoms with Gasteiger partial charge in [-0.05, 0) is 36.1 Å². The van der Waals surface area contributed by atoms with Crippen LogP contribution in [0.15, 0.2) is 18.2 Å². The molecule has 1 aromatic carbocycles. The third-order valence-electron chi connectivity index (χ3n) is 2.64. The molecule has 0 atom stereocenters. The fourth-order valence-electron chi connectivity index (χ4n) is 2.03. The van der Waals surface area contributed by atoms with Crippen molar-refractivity contribution in [2.75, 3.05) is 22.3 Å². The normalized spacial score (nSPS) is 14.5. The molecule has 0 fully saturated rings. The highest BCUT2D eigenvalue weighted by Gasteiger charge is 2.15. The van der Waals surface area contributed by atoms with Gasteiger partial charge in [-0.25, -0.2) is 8.42 Å². The predicted octanol–water partition coefficient (Wildman–Crippen LogP) is 2.05. The molecule has 0 amide bonds. The molecule has 0 radical (unpaired) electrons. The highest BCUT2D eigenvalue weighted by molar-refractivity contribution is 7.92. The summed E-state index contributed by atoms with van der Waals surface area (Å²) < 4.78 is 26.2. The van der Waals surface area contributed by atoms with E-state index in [1.165, 1.54) is 5.56 Å². The number of anilines is 2. The summed E-state index contributed by atoms with van der Waals surface area (Å²) >= 11 is 0. The van der Waals surface area contributed by atoms with Crippen molar-refractivity contribution in [1.82, 2.24) is 0 Å². The van der Waals surface area contributed by atoms with Crippen LogP contribution in [-0.4, -0.2) is 20.7 Å². The van der Waals surface area contributed by atoms with E-state index in [-0.39, 0.29) is 11.7 Å². The van der Waals surface area contributed by atoms with E-state index in [0.29, 0.717) is 5.69 Å². The Morgan fingerprint density at radius 1 is 1.41 bits per heavy atom. The second-order valence-corrected chi connectivity index (χ2v) is 6.59. The molecule has 0 bridgehead atoms. The molecule has 0 spiro atoms. The summed E-state index contributed by atoms with van der Waals surface area (Å²) in [5, 5.41) is 3.25. The predicted molar refractivity (Wildman–Crippen MR) is 70.9 cm³/mol. The molecule has 0 unspecified atom stereocenters. The molecular weight excluding hydrogens is 236 g/mol. The maximum absolute atomic E-state index is 11.8. The van der Waals surface area contributed by atoms with E-state index in [1.807, 2.05) is 26.0 Å². The Kier molecular flexibility index (Phi) is 3.28. The zero-order valence-corrected chi connectivity index (χ0v) is 11.0.